The second-order valence-corrected chi connectivity index (χ2v) is 15.0. The minimum absolute atomic E-state index is 0.102. The van der Waals surface area contributed by atoms with Gasteiger partial charge in [-0.25, -0.2) is 36.8 Å². The van der Waals surface area contributed by atoms with Crippen molar-refractivity contribution in [2.75, 3.05) is 59.9 Å². The number of aromatic nitrogens is 8. The Kier molecular flexibility index (Phi) is 11.6. The van der Waals surface area contributed by atoms with Crippen molar-refractivity contribution in [1.82, 2.24) is 40.1 Å². The third-order valence-corrected chi connectivity index (χ3v) is 11.0. The molecule has 0 aliphatic heterocycles. The van der Waals surface area contributed by atoms with Gasteiger partial charge in [-0.2, -0.15) is 11.8 Å². The van der Waals surface area contributed by atoms with Crippen LogP contribution in [0.3, 0.4) is 0 Å². The molecule has 0 bridgehead atoms. The van der Waals surface area contributed by atoms with E-state index in [4.69, 9.17) is 28.5 Å². The maximum Gasteiger partial charge on any atom is 0.442 e. The first-order valence-corrected chi connectivity index (χ1v) is 19.4. The largest absolute Gasteiger partial charge is 0.442 e. The van der Waals surface area contributed by atoms with Crippen LogP contribution in [0.2, 0.25) is 0 Å². The Morgan fingerprint density at radius 3 is 1.76 bits per heavy atom. The lowest BCUT2D eigenvalue weighted by Gasteiger charge is -2.30. The summed E-state index contributed by atoms with van der Waals surface area (Å²) < 4.78 is 60.6. The Morgan fingerprint density at radius 1 is 0.727 bits per heavy atom. The van der Waals surface area contributed by atoms with Crippen LogP contribution < -0.4 is 22.1 Å². The van der Waals surface area contributed by atoms with Crippen molar-refractivity contribution in [1.29, 1.82) is 0 Å². The van der Waals surface area contributed by atoms with Crippen molar-refractivity contribution in [3.05, 3.63) is 91.4 Å². The van der Waals surface area contributed by atoms with Crippen molar-refractivity contribution in [2.45, 2.75) is 24.9 Å². The van der Waals surface area contributed by atoms with Crippen molar-refractivity contribution in [3.63, 3.8) is 0 Å². The quantitative estimate of drug-likeness (QED) is 0.101. The fourth-order valence-electron chi connectivity index (χ4n) is 6.13. The van der Waals surface area contributed by atoms with Crippen molar-refractivity contribution < 1.29 is 41.5 Å². The maximum atomic E-state index is 13.6. The van der Waals surface area contributed by atoms with Gasteiger partial charge in [0.1, 0.15) is 11.6 Å². The molecule has 8 rings (SSSR count). The van der Waals surface area contributed by atoms with Crippen LogP contribution in [0, 0.1) is 11.6 Å². The number of aliphatic hydroxyl groups excluding tert-OH is 2. The minimum atomic E-state index is -1.18. The number of nitrogens with zero attached hydrogens (tertiary/aromatic N) is 8. The first-order valence-electron chi connectivity index (χ1n) is 16.8. The smallest absolute Gasteiger partial charge is 0.396 e. The van der Waals surface area contributed by atoms with E-state index >= 15 is 0 Å². The van der Waals surface area contributed by atoms with Gasteiger partial charge in [0.2, 0.25) is 23.3 Å². The standard InChI is InChI=1S/C16H16FN5O5S.C16H16FN5O4S/c17-10-2-1-9-7-12(11(9)8-10)22-15(21-26-16(22)24)13-14(20-27-19-13)18-3-5-28(25)6-4-23;17-10-2-1-9-7-12(11(9)8-10)22-15(21-25-16(22)24)13-14(20-26-19-13)18-3-5-27-6-4-23/h1-2,8,12,23H,3-7H2,(H,18,20);1-2,8,12,23H,3-7H2,(H,18,20)/t12-,28?;12-/m00/s1. The number of hydrogen-bond acceptors (Lipinski definition) is 18. The Bertz CT molecular complexity index is 2410. The van der Waals surface area contributed by atoms with Gasteiger partial charge >= 0.3 is 11.5 Å². The fourth-order valence-corrected chi connectivity index (χ4v) is 7.45. The number of thioether (sulfide) groups is 1. The van der Waals surface area contributed by atoms with Gasteiger partial charge in [-0.05, 0) is 80.0 Å². The van der Waals surface area contributed by atoms with Crippen LogP contribution in [-0.4, -0.2) is 104 Å². The molecular formula is C32H32F2N10O9S2. The summed E-state index contributed by atoms with van der Waals surface area (Å²) in [5.41, 5.74) is 3.71. The average molecular weight is 803 g/mol. The summed E-state index contributed by atoms with van der Waals surface area (Å²) in [6.45, 7) is 0.812. The predicted molar refractivity (Wildman–Crippen MR) is 191 cm³/mol. The van der Waals surface area contributed by atoms with Crippen LogP contribution >= 0.6 is 11.8 Å². The van der Waals surface area contributed by atoms with Crippen molar-refractivity contribution in [2.24, 2.45) is 0 Å². The Labute approximate surface area is 314 Å². The lowest BCUT2D eigenvalue weighted by Crippen LogP contribution is -2.31. The van der Waals surface area contributed by atoms with E-state index < -0.39 is 34.2 Å². The average Bonchev–Trinajstić information content (AvgIpc) is 3.97. The highest BCUT2D eigenvalue weighted by atomic mass is 32.2. The molecule has 0 fully saturated rings. The molecule has 2 aromatic carbocycles. The Balaban J connectivity index is 0.000000169. The molecular weight excluding hydrogens is 771 g/mol. The molecule has 6 aromatic rings. The lowest BCUT2D eigenvalue weighted by atomic mass is 9.83. The summed E-state index contributed by atoms with van der Waals surface area (Å²) in [7, 11) is -1.18. The summed E-state index contributed by atoms with van der Waals surface area (Å²) in [6.07, 6.45) is 1.09. The second-order valence-electron chi connectivity index (χ2n) is 12.1. The van der Waals surface area contributed by atoms with E-state index in [0.29, 0.717) is 42.1 Å². The van der Waals surface area contributed by atoms with Crippen LogP contribution in [0.15, 0.2) is 64.3 Å². The van der Waals surface area contributed by atoms with Gasteiger partial charge in [-0.15, -0.1) is 0 Å². The Morgan fingerprint density at radius 2 is 1.25 bits per heavy atom. The van der Waals surface area contributed by atoms with Crippen LogP contribution in [-0.2, 0) is 23.6 Å². The SMILES string of the molecule is O=c1onc(-c2nonc2NCCS(=O)CCO)n1[C@H]1Cc2ccc(F)cc21.O=c1onc(-c2nonc2NCCSCCO)n1[C@H]1Cc2ccc(F)cc21. The molecule has 0 saturated carbocycles. The topological polar surface area (TPSA) is 255 Å². The minimum Gasteiger partial charge on any atom is -0.396 e. The number of hydrogen-bond donors (Lipinski definition) is 4. The Hall–Kier alpha value is -5.52. The van der Waals surface area contributed by atoms with Gasteiger partial charge in [0.15, 0.2) is 11.4 Å². The monoisotopic (exact) mass is 802 g/mol. The molecule has 0 radical (unpaired) electrons. The van der Waals surface area contributed by atoms with Gasteiger partial charge in [0.05, 0.1) is 25.3 Å². The van der Waals surface area contributed by atoms with E-state index in [1.54, 1.807) is 23.9 Å². The van der Waals surface area contributed by atoms with Crippen LogP contribution in [0.5, 0.6) is 0 Å². The maximum absolute atomic E-state index is 13.6. The number of anilines is 2. The fraction of sp³-hybridized carbons (Fsp3) is 0.375. The first-order chi connectivity index (χ1) is 26.8. The molecule has 4 N–H and O–H groups in total. The summed E-state index contributed by atoms with van der Waals surface area (Å²) >= 11 is 1.58. The third kappa shape index (κ3) is 7.99. The van der Waals surface area contributed by atoms with E-state index in [-0.39, 0.29) is 72.0 Å². The number of benzene rings is 2. The molecule has 0 saturated heterocycles. The third-order valence-electron chi connectivity index (χ3n) is 8.77. The van der Waals surface area contributed by atoms with E-state index in [1.807, 2.05) is 0 Å². The first kappa shape index (κ1) is 37.8. The van der Waals surface area contributed by atoms with Gasteiger partial charge in [-0.3, -0.25) is 13.3 Å². The van der Waals surface area contributed by atoms with E-state index in [1.165, 1.54) is 33.4 Å². The van der Waals surface area contributed by atoms with Crippen LogP contribution in [0.25, 0.3) is 23.0 Å². The number of rotatable bonds is 16. The van der Waals surface area contributed by atoms with Crippen LogP contribution in [0.1, 0.15) is 34.3 Å². The molecule has 290 valence electrons. The van der Waals surface area contributed by atoms with Gasteiger partial charge in [-0.1, -0.05) is 22.4 Å². The summed E-state index contributed by atoms with van der Waals surface area (Å²) in [5, 5.41) is 46.3. The highest BCUT2D eigenvalue weighted by molar-refractivity contribution is 7.99. The highest BCUT2D eigenvalue weighted by Gasteiger charge is 2.36. The second kappa shape index (κ2) is 16.9. The van der Waals surface area contributed by atoms with Crippen LogP contribution in [0.4, 0.5) is 20.4 Å². The molecule has 0 spiro atoms. The van der Waals surface area contributed by atoms with E-state index in [9.17, 15) is 22.6 Å². The zero-order chi connectivity index (χ0) is 38.5. The molecule has 2 aliphatic rings. The lowest BCUT2D eigenvalue weighted by molar-refractivity contribution is 0.309. The number of aliphatic hydroxyl groups is 2. The molecule has 2 aliphatic carbocycles. The normalized spacial score (nSPS) is 15.9. The molecule has 3 atom stereocenters. The summed E-state index contributed by atoms with van der Waals surface area (Å²) in [5.74, 6) is 0.565. The molecule has 1 unspecified atom stereocenters. The van der Waals surface area contributed by atoms with E-state index in [2.05, 4.69) is 41.6 Å². The predicted octanol–water partition coefficient (Wildman–Crippen LogP) is 1.63. The van der Waals surface area contributed by atoms with Crippen molar-refractivity contribution >= 4 is 34.2 Å². The molecule has 55 heavy (non-hydrogen) atoms. The van der Waals surface area contributed by atoms with Gasteiger partial charge in [0.25, 0.3) is 0 Å². The molecule has 0 amide bonds. The molecule has 4 heterocycles. The van der Waals surface area contributed by atoms with E-state index in [0.717, 1.165) is 16.9 Å². The molecule has 19 nitrogen and oxygen atoms in total. The zero-order valence-electron chi connectivity index (χ0n) is 28.6. The molecule has 4 aromatic heterocycles. The van der Waals surface area contributed by atoms with Crippen molar-refractivity contribution in [3.8, 4) is 23.0 Å². The van der Waals surface area contributed by atoms with Gasteiger partial charge < -0.3 is 20.8 Å². The summed E-state index contributed by atoms with van der Waals surface area (Å²) in [4.78, 5) is 24.4. The number of fused-ring (bicyclic) bond motifs is 2. The molecule has 23 heteroatoms. The summed E-state index contributed by atoms with van der Waals surface area (Å²) in [6, 6.07) is 8.12. The van der Waals surface area contributed by atoms with Gasteiger partial charge in [0, 0.05) is 46.9 Å². The number of halogens is 2. The zero-order valence-corrected chi connectivity index (χ0v) is 30.2. The number of nitrogens with one attached hydrogen (secondary N) is 2. The highest BCUT2D eigenvalue weighted by Crippen LogP contribution is 2.39.